The molecule has 1 heterocycles. The molecule has 0 radical (unpaired) electrons. The van der Waals surface area contributed by atoms with Crippen molar-refractivity contribution in [3.05, 3.63) is 42.7 Å². The van der Waals surface area contributed by atoms with Crippen LogP contribution in [0.15, 0.2) is 42.1 Å². The molecule has 0 saturated carbocycles. The number of thioether (sulfide) groups is 1. The van der Waals surface area contributed by atoms with Crippen LogP contribution in [0, 0.1) is 11.7 Å². The van der Waals surface area contributed by atoms with Crippen LogP contribution in [0.25, 0.3) is 11.4 Å². The Morgan fingerprint density at radius 1 is 1.34 bits per heavy atom. The van der Waals surface area contributed by atoms with Crippen LogP contribution in [-0.2, 0) is 20.9 Å². The summed E-state index contributed by atoms with van der Waals surface area (Å²) in [6.07, 6.45) is 2.42. The fourth-order valence-electron chi connectivity index (χ4n) is 2.64. The van der Waals surface area contributed by atoms with Gasteiger partial charge in [0.25, 0.3) is 0 Å². The van der Waals surface area contributed by atoms with Crippen molar-refractivity contribution in [2.75, 3.05) is 12.9 Å². The Morgan fingerprint density at radius 3 is 2.62 bits per heavy atom. The Hall–Kier alpha value is -2.68. The third-order valence-electron chi connectivity index (χ3n) is 4.45. The first kappa shape index (κ1) is 22.6. The monoisotopic (exact) mass is 420 g/mol. The summed E-state index contributed by atoms with van der Waals surface area (Å²) in [4.78, 5) is 24.3. The molecule has 0 spiro atoms. The number of methoxy groups -OCH3 is 1. The number of hydrogen-bond acceptors (Lipinski definition) is 6. The summed E-state index contributed by atoms with van der Waals surface area (Å²) < 4.78 is 19.8. The van der Waals surface area contributed by atoms with Gasteiger partial charge < -0.3 is 10.1 Å². The van der Waals surface area contributed by atoms with E-state index < -0.39 is 12.0 Å². The molecule has 29 heavy (non-hydrogen) atoms. The summed E-state index contributed by atoms with van der Waals surface area (Å²) >= 11 is 1.20. The number of carbonyl (C=O) groups excluding carboxylic acids is 2. The normalized spacial score (nSPS) is 12.8. The van der Waals surface area contributed by atoms with E-state index in [4.69, 9.17) is 4.74 Å². The SMILES string of the molecule is C=CCn1c(SCC(=O)N[C@H](C(=O)OC)[C@H](C)CC)nnc1-c1ccc(F)cc1. The highest BCUT2D eigenvalue weighted by Crippen LogP contribution is 2.24. The molecule has 1 aromatic heterocycles. The van der Waals surface area contributed by atoms with Crippen LogP contribution in [0.5, 0.6) is 0 Å². The highest BCUT2D eigenvalue weighted by atomic mass is 32.2. The molecule has 2 aromatic rings. The van der Waals surface area contributed by atoms with E-state index in [2.05, 4.69) is 22.1 Å². The van der Waals surface area contributed by atoms with Gasteiger partial charge in [-0.15, -0.1) is 16.8 Å². The zero-order chi connectivity index (χ0) is 21.4. The number of nitrogens with one attached hydrogen (secondary N) is 1. The highest BCUT2D eigenvalue weighted by Gasteiger charge is 2.27. The standard InChI is InChI=1S/C20H25FN4O3S/c1-5-11-25-18(14-7-9-15(21)10-8-14)23-24-20(25)29-12-16(26)22-17(13(3)6-2)19(27)28-4/h5,7-10,13,17H,1,6,11-12H2,2-4H3,(H,22,26)/t13-,17+/m1/s1. The number of amides is 1. The Balaban J connectivity index is 2.11. The summed E-state index contributed by atoms with van der Waals surface area (Å²) in [7, 11) is 1.30. The Labute approximate surface area is 173 Å². The summed E-state index contributed by atoms with van der Waals surface area (Å²) in [6, 6.07) is 5.24. The largest absolute Gasteiger partial charge is 0.467 e. The maximum atomic E-state index is 13.2. The molecule has 0 bridgehead atoms. The van der Waals surface area contributed by atoms with Gasteiger partial charge in [0.05, 0.1) is 12.9 Å². The molecule has 2 rings (SSSR count). The minimum absolute atomic E-state index is 0.0501. The van der Waals surface area contributed by atoms with Gasteiger partial charge in [-0.05, 0) is 30.2 Å². The average molecular weight is 421 g/mol. The molecule has 1 N–H and O–H groups in total. The maximum Gasteiger partial charge on any atom is 0.328 e. The van der Waals surface area contributed by atoms with E-state index in [9.17, 15) is 14.0 Å². The van der Waals surface area contributed by atoms with Crippen LogP contribution in [0.2, 0.25) is 0 Å². The number of nitrogens with zero attached hydrogens (tertiary/aromatic N) is 3. The predicted octanol–water partition coefficient (Wildman–Crippen LogP) is 3.07. The van der Waals surface area contributed by atoms with E-state index in [1.165, 1.54) is 31.0 Å². The van der Waals surface area contributed by atoms with Crippen LogP contribution >= 0.6 is 11.8 Å². The lowest BCUT2D eigenvalue weighted by Gasteiger charge is -2.21. The van der Waals surface area contributed by atoms with E-state index in [1.54, 1.807) is 22.8 Å². The van der Waals surface area contributed by atoms with Gasteiger partial charge in [-0.1, -0.05) is 38.1 Å². The van der Waals surface area contributed by atoms with Gasteiger partial charge in [0.2, 0.25) is 5.91 Å². The van der Waals surface area contributed by atoms with E-state index in [-0.39, 0.29) is 23.4 Å². The second-order valence-electron chi connectivity index (χ2n) is 6.45. The number of rotatable bonds is 10. The number of hydrogen-bond donors (Lipinski definition) is 1. The lowest BCUT2D eigenvalue weighted by molar-refractivity contribution is -0.146. The summed E-state index contributed by atoms with van der Waals surface area (Å²) in [5.41, 5.74) is 0.708. The van der Waals surface area contributed by atoms with Crippen molar-refractivity contribution >= 4 is 23.6 Å². The molecule has 9 heteroatoms. The number of ether oxygens (including phenoxy) is 1. The lowest BCUT2D eigenvalue weighted by Crippen LogP contribution is -2.46. The molecule has 0 fully saturated rings. The fourth-order valence-corrected chi connectivity index (χ4v) is 3.40. The molecule has 0 aliphatic rings. The topological polar surface area (TPSA) is 86.1 Å². The minimum atomic E-state index is -0.695. The smallest absolute Gasteiger partial charge is 0.328 e. The van der Waals surface area contributed by atoms with Gasteiger partial charge in [0.1, 0.15) is 11.9 Å². The molecule has 0 saturated heterocycles. The number of carbonyl (C=O) groups is 2. The average Bonchev–Trinajstić information content (AvgIpc) is 3.12. The van der Waals surface area contributed by atoms with Crippen molar-refractivity contribution in [2.24, 2.45) is 5.92 Å². The second-order valence-corrected chi connectivity index (χ2v) is 7.40. The molecule has 1 amide bonds. The molecule has 1 aromatic carbocycles. The Bertz CT molecular complexity index is 854. The third-order valence-corrected chi connectivity index (χ3v) is 5.41. The summed E-state index contributed by atoms with van der Waals surface area (Å²) in [6.45, 7) is 7.99. The highest BCUT2D eigenvalue weighted by molar-refractivity contribution is 7.99. The van der Waals surface area contributed by atoms with E-state index in [0.29, 0.717) is 23.1 Å². The van der Waals surface area contributed by atoms with Crippen LogP contribution < -0.4 is 5.32 Å². The predicted molar refractivity (Wildman–Crippen MR) is 110 cm³/mol. The molecule has 156 valence electrons. The third kappa shape index (κ3) is 5.90. The van der Waals surface area contributed by atoms with Crippen molar-refractivity contribution in [1.29, 1.82) is 0 Å². The van der Waals surface area contributed by atoms with Gasteiger partial charge in [0.15, 0.2) is 11.0 Å². The van der Waals surface area contributed by atoms with Crippen LogP contribution in [-0.4, -0.2) is 45.5 Å². The maximum absolute atomic E-state index is 13.2. The number of halogens is 1. The van der Waals surface area contributed by atoms with Crippen molar-refractivity contribution in [3.8, 4) is 11.4 Å². The molecule has 0 aliphatic heterocycles. The first-order chi connectivity index (χ1) is 13.9. The van der Waals surface area contributed by atoms with Crippen molar-refractivity contribution in [3.63, 3.8) is 0 Å². The first-order valence-corrected chi connectivity index (χ1v) is 10.2. The molecular weight excluding hydrogens is 395 g/mol. The zero-order valence-corrected chi connectivity index (χ0v) is 17.5. The minimum Gasteiger partial charge on any atom is -0.467 e. The molecule has 2 atom stereocenters. The molecule has 0 aliphatic carbocycles. The number of aromatic nitrogens is 3. The van der Waals surface area contributed by atoms with Crippen molar-refractivity contribution in [1.82, 2.24) is 20.1 Å². The van der Waals surface area contributed by atoms with Gasteiger partial charge in [-0.2, -0.15) is 0 Å². The molecule has 7 nitrogen and oxygen atoms in total. The second kappa shape index (κ2) is 10.8. The van der Waals surface area contributed by atoms with Crippen molar-refractivity contribution < 1.29 is 18.7 Å². The lowest BCUT2D eigenvalue weighted by atomic mass is 9.99. The van der Waals surface area contributed by atoms with Crippen LogP contribution in [0.4, 0.5) is 4.39 Å². The molecular formula is C20H25FN4O3S. The number of esters is 1. The summed E-state index contributed by atoms with van der Waals surface area (Å²) in [5, 5.41) is 11.6. The van der Waals surface area contributed by atoms with Gasteiger partial charge in [-0.25, -0.2) is 9.18 Å². The van der Waals surface area contributed by atoms with E-state index >= 15 is 0 Å². The number of benzene rings is 1. The van der Waals surface area contributed by atoms with Crippen molar-refractivity contribution in [2.45, 2.75) is 38.0 Å². The Kier molecular flexibility index (Phi) is 8.38. The number of allylic oxidation sites excluding steroid dienone is 1. The zero-order valence-electron chi connectivity index (χ0n) is 16.7. The quantitative estimate of drug-likeness (QED) is 0.361. The van der Waals surface area contributed by atoms with E-state index in [1.807, 2.05) is 13.8 Å². The van der Waals surface area contributed by atoms with Gasteiger partial charge in [-0.3, -0.25) is 9.36 Å². The van der Waals surface area contributed by atoms with Gasteiger partial charge in [0, 0.05) is 12.1 Å². The Morgan fingerprint density at radius 2 is 2.03 bits per heavy atom. The summed E-state index contributed by atoms with van der Waals surface area (Å²) in [5.74, 6) is -0.543. The first-order valence-electron chi connectivity index (χ1n) is 9.21. The van der Waals surface area contributed by atoms with Crippen LogP contribution in [0.3, 0.4) is 0 Å². The molecule has 0 unspecified atom stereocenters. The van der Waals surface area contributed by atoms with Crippen LogP contribution in [0.1, 0.15) is 20.3 Å². The van der Waals surface area contributed by atoms with Gasteiger partial charge >= 0.3 is 5.97 Å². The van der Waals surface area contributed by atoms with E-state index in [0.717, 1.165) is 6.42 Å². The fraction of sp³-hybridized carbons (Fsp3) is 0.400.